The first-order valence-corrected chi connectivity index (χ1v) is 7.87. The molecule has 0 saturated carbocycles. The smallest absolute Gasteiger partial charge is 0.248 e. The second-order valence-corrected chi connectivity index (χ2v) is 6.13. The van der Waals surface area contributed by atoms with Crippen LogP contribution >= 0.6 is 12.4 Å². The Labute approximate surface area is 149 Å². The van der Waals surface area contributed by atoms with E-state index in [-0.39, 0.29) is 36.9 Å². The molecule has 24 heavy (non-hydrogen) atoms. The molecule has 1 heterocycles. The zero-order chi connectivity index (χ0) is 16.9. The van der Waals surface area contributed by atoms with E-state index in [4.69, 9.17) is 10.5 Å². The molecule has 2 rings (SSSR count). The molecule has 1 saturated heterocycles. The minimum Gasteiger partial charge on any atom is -0.375 e. The van der Waals surface area contributed by atoms with Gasteiger partial charge in [0.15, 0.2) is 0 Å². The van der Waals surface area contributed by atoms with Crippen LogP contribution in [0.3, 0.4) is 0 Å². The number of carbonyl (C=O) groups excluding carboxylic acids is 2. The monoisotopic (exact) mass is 355 g/mol. The number of hydrogen-bond donors (Lipinski definition) is 2. The molecule has 1 aromatic carbocycles. The molecule has 1 fully saturated rings. The van der Waals surface area contributed by atoms with Gasteiger partial charge in [0.1, 0.15) is 12.1 Å². The van der Waals surface area contributed by atoms with Gasteiger partial charge in [0.2, 0.25) is 11.8 Å². The zero-order valence-electron chi connectivity index (χ0n) is 14.2. The van der Waals surface area contributed by atoms with E-state index in [1.165, 1.54) is 7.11 Å². The average molecular weight is 356 g/mol. The molecule has 7 heteroatoms. The lowest BCUT2D eigenvalue weighted by Gasteiger charge is -2.34. The first kappa shape index (κ1) is 20.4. The highest BCUT2D eigenvalue weighted by atomic mass is 35.5. The Hall–Kier alpha value is -1.63. The van der Waals surface area contributed by atoms with Gasteiger partial charge in [-0.15, -0.1) is 12.4 Å². The number of likely N-dealkylation sites (tertiary alicyclic amines) is 1. The summed E-state index contributed by atoms with van der Waals surface area (Å²) in [4.78, 5) is 26.0. The molecule has 0 bridgehead atoms. The van der Waals surface area contributed by atoms with Crippen molar-refractivity contribution in [3.05, 3.63) is 35.9 Å². The number of ether oxygens (including phenoxy) is 1. The number of amides is 2. The standard InChI is InChI=1S/C17H25N3O3.ClH/c1-17(18,13-6-4-3-5-7-13)16(22)19-14-8-10-20(11-9-14)15(21)12-23-2;/h3-7,14H,8-12,18H2,1-2H3,(H,19,22);1H. The van der Waals surface area contributed by atoms with Crippen LogP contribution in [0.4, 0.5) is 0 Å². The van der Waals surface area contributed by atoms with Gasteiger partial charge < -0.3 is 20.7 Å². The van der Waals surface area contributed by atoms with Gasteiger partial charge in [-0.25, -0.2) is 0 Å². The molecule has 0 aromatic heterocycles. The summed E-state index contributed by atoms with van der Waals surface area (Å²) in [6.45, 7) is 3.07. The number of rotatable bonds is 5. The Morgan fingerprint density at radius 1 is 1.29 bits per heavy atom. The van der Waals surface area contributed by atoms with Crippen molar-refractivity contribution in [2.75, 3.05) is 26.8 Å². The predicted octanol–water partition coefficient (Wildman–Crippen LogP) is 1.04. The third kappa shape index (κ3) is 4.93. The summed E-state index contributed by atoms with van der Waals surface area (Å²) in [6.07, 6.45) is 1.46. The van der Waals surface area contributed by atoms with Gasteiger partial charge >= 0.3 is 0 Å². The molecule has 6 nitrogen and oxygen atoms in total. The molecule has 1 unspecified atom stereocenters. The third-order valence-electron chi connectivity index (χ3n) is 4.30. The van der Waals surface area contributed by atoms with E-state index in [0.717, 1.165) is 18.4 Å². The van der Waals surface area contributed by atoms with Crippen molar-refractivity contribution in [3.8, 4) is 0 Å². The van der Waals surface area contributed by atoms with Crippen LogP contribution in [0.2, 0.25) is 0 Å². The van der Waals surface area contributed by atoms with Crippen molar-refractivity contribution in [1.82, 2.24) is 10.2 Å². The van der Waals surface area contributed by atoms with Gasteiger partial charge in [-0.3, -0.25) is 9.59 Å². The first-order chi connectivity index (χ1) is 10.9. The molecule has 1 aromatic rings. The highest BCUT2D eigenvalue weighted by Gasteiger charge is 2.33. The lowest BCUT2D eigenvalue weighted by molar-refractivity contribution is -0.136. The molecule has 1 atom stereocenters. The summed E-state index contributed by atoms with van der Waals surface area (Å²) in [5, 5.41) is 3.02. The number of methoxy groups -OCH3 is 1. The van der Waals surface area contributed by atoms with Crippen molar-refractivity contribution in [3.63, 3.8) is 0 Å². The van der Waals surface area contributed by atoms with Gasteiger partial charge in [0, 0.05) is 26.2 Å². The Morgan fingerprint density at radius 3 is 2.42 bits per heavy atom. The zero-order valence-corrected chi connectivity index (χ0v) is 15.0. The Kier molecular flexibility index (Phi) is 7.66. The maximum Gasteiger partial charge on any atom is 0.248 e. The van der Waals surface area contributed by atoms with Crippen LogP contribution in [-0.4, -0.2) is 49.6 Å². The summed E-state index contributed by atoms with van der Waals surface area (Å²) in [7, 11) is 1.51. The van der Waals surface area contributed by atoms with Crippen molar-refractivity contribution < 1.29 is 14.3 Å². The molecule has 1 aliphatic rings. The van der Waals surface area contributed by atoms with Crippen molar-refractivity contribution in [2.24, 2.45) is 5.73 Å². The Morgan fingerprint density at radius 2 is 1.88 bits per heavy atom. The molecule has 134 valence electrons. The number of carbonyl (C=O) groups is 2. The SMILES string of the molecule is COCC(=O)N1CCC(NC(=O)C(C)(N)c2ccccc2)CC1.Cl. The van der Waals surface area contributed by atoms with Crippen LogP contribution < -0.4 is 11.1 Å². The van der Waals surface area contributed by atoms with Crippen LogP contribution in [-0.2, 0) is 19.9 Å². The summed E-state index contributed by atoms with van der Waals surface area (Å²) in [5.74, 6) is -0.199. The highest BCUT2D eigenvalue weighted by molar-refractivity contribution is 5.87. The van der Waals surface area contributed by atoms with Crippen molar-refractivity contribution in [1.29, 1.82) is 0 Å². The summed E-state index contributed by atoms with van der Waals surface area (Å²) < 4.78 is 4.86. The van der Waals surface area contributed by atoms with Gasteiger partial charge in [-0.1, -0.05) is 30.3 Å². The molecule has 3 N–H and O–H groups in total. The van der Waals surface area contributed by atoms with Crippen LogP contribution in [0.1, 0.15) is 25.3 Å². The fourth-order valence-corrected chi connectivity index (χ4v) is 2.74. The quantitative estimate of drug-likeness (QED) is 0.826. The number of nitrogens with one attached hydrogen (secondary N) is 1. The van der Waals surface area contributed by atoms with Gasteiger partial charge in [0.25, 0.3) is 0 Å². The normalized spacial score (nSPS) is 17.5. The lowest BCUT2D eigenvalue weighted by Crippen LogP contribution is -2.54. The number of nitrogens with zero attached hydrogens (tertiary/aromatic N) is 1. The number of nitrogens with two attached hydrogens (primary N) is 1. The molecular weight excluding hydrogens is 330 g/mol. The molecular formula is C17H26ClN3O3. The van der Waals surface area contributed by atoms with Crippen LogP contribution in [0.25, 0.3) is 0 Å². The molecule has 0 aliphatic carbocycles. The van der Waals surface area contributed by atoms with E-state index in [1.807, 2.05) is 30.3 Å². The number of benzene rings is 1. The van der Waals surface area contributed by atoms with Crippen molar-refractivity contribution in [2.45, 2.75) is 31.3 Å². The molecule has 1 aliphatic heterocycles. The maximum absolute atomic E-state index is 12.5. The largest absolute Gasteiger partial charge is 0.375 e. The second-order valence-electron chi connectivity index (χ2n) is 6.13. The summed E-state index contributed by atoms with van der Waals surface area (Å²) in [5.41, 5.74) is 5.94. The fraction of sp³-hybridized carbons (Fsp3) is 0.529. The van der Waals surface area contributed by atoms with Gasteiger partial charge in [-0.05, 0) is 25.3 Å². The minimum absolute atomic E-state index is 0. The molecule has 0 radical (unpaired) electrons. The van der Waals surface area contributed by atoms with Crippen LogP contribution in [0.5, 0.6) is 0 Å². The van der Waals surface area contributed by atoms with E-state index < -0.39 is 5.54 Å². The van der Waals surface area contributed by atoms with Crippen LogP contribution in [0, 0.1) is 0 Å². The predicted molar refractivity (Wildman–Crippen MR) is 94.9 cm³/mol. The van der Waals surface area contributed by atoms with E-state index in [1.54, 1.807) is 11.8 Å². The summed E-state index contributed by atoms with van der Waals surface area (Å²) >= 11 is 0. The molecule has 0 spiro atoms. The molecule has 2 amide bonds. The average Bonchev–Trinajstić information content (AvgIpc) is 2.56. The van der Waals surface area contributed by atoms with E-state index in [2.05, 4.69) is 5.32 Å². The Bertz CT molecular complexity index is 543. The Balaban J connectivity index is 0.00000288. The number of piperidine rings is 1. The first-order valence-electron chi connectivity index (χ1n) is 7.87. The van der Waals surface area contributed by atoms with Gasteiger partial charge in [0.05, 0.1) is 0 Å². The van der Waals surface area contributed by atoms with Gasteiger partial charge in [-0.2, -0.15) is 0 Å². The number of halogens is 1. The third-order valence-corrected chi connectivity index (χ3v) is 4.30. The lowest BCUT2D eigenvalue weighted by atomic mass is 9.91. The van der Waals surface area contributed by atoms with Crippen molar-refractivity contribution >= 4 is 24.2 Å². The van der Waals surface area contributed by atoms with E-state index in [9.17, 15) is 9.59 Å². The summed E-state index contributed by atoms with van der Waals surface area (Å²) in [6, 6.07) is 9.38. The fourth-order valence-electron chi connectivity index (χ4n) is 2.74. The minimum atomic E-state index is -1.07. The van der Waals surface area contributed by atoms with Crippen LogP contribution in [0.15, 0.2) is 30.3 Å². The van der Waals surface area contributed by atoms with E-state index >= 15 is 0 Å². The maximum atomic E-state index is 12.5. The number of hydrogen-bond acceptors (Lipinski definition) is 4. The van der Waals surface area contributed by atoms with E-state index in [0.29, 0.717) is 13.1 Å². The topological polar surface area (TPSA) is 84.7 Å². The highest BCUT2D eigenvalue weighted by Crippen LogP contribution is 2.19. The second kappa shape index (κ2) is 9.01.